The number of carbonyl (C=O) groups excluding carboxylic acids is 1. The van der Waals surface area contributed by atoms with E-state index in [4.69, 9.17) is 10.2 Å². The van der Waals surface area contributed by atoms with Crippen LogP contribution in [0.4, 0.5) is 11.7 Å². The fourth-order valence-electron chi connectivity index (χ4n) is 1.18. The summed E-state index contributed by atoms with van der Waals surface area (Å²) in [6.45, 7) is 1.64. The number of amides is 1. The summed E-state index contributed by atoms with van der Waals surface area (Å²) in [5, 5.41) is 9.76. The Morgan fingerprint density at radius 2 is 2.24 bits per heavy atom. The third-order valence-electron chi connectivity index (χ3n) is 2.01. The van der Waals surface area contributed by atoms with E-state index in [1.165, 1.54) is 0 Å². The standard InChI is InChI=1S/C10H9BrN4O2/c1-5-14-15-10(17-5)13-9(16)6-2-3-8(12)7(11)4-6/h2-4H,12H2,1H3,(H,13,15,16). The van der Waals surface area contributed by atoms with E-state index in [9.17, 15) is 4.79 Å². The van der Waals surface area contributed by atoms with Crippen LogP contribution in [0.3, 0.4) is 0 Å². The molecule has 1 aromatic carbocycles. The first kappa shape index (κ1) is 11.6. The van der Waals surface area contributed by atoms with Gasteiger partial charge in [-0.05, 0) is 34.1 Å². The van der Waals surface area contributed by atoms with Crippen LogP contribution < -0.4 is 11.1 Å². The second-order valence-corrected chi connectivity index (χ2v) is 4.17. The lowest BCUT2D eigenvalue weighted by atomic mass is 10.2. The second-order valence-electron chi connectivity index (χ2n) is 3.32. The smallest absolute Gasteiger partial charge is 0.322 e. The maximum atomic E-state index is 11.8. The quantitative estimate of drug-likeness (QED) is 0.826. The number of aromatic nitrogens is 2. The number of rotatable bonds is 2. The van der Waals surface area contributed by atoms with Gasteiger partial charge in [0.2, 0.25) is 5.89 Å². The van der Waals surface area contributed by atoms with Crippen molar-refractivity contribution in [1.29, 1.82) is 0 Å². The van der Waals surface area contributed by atoms with Gasteiger partial charge in [-0.2, -0.15) is 0 Å². The van der Waals surface area contributed by atoms with Gasteiger partial charge in [-0.15, -0.1) is 5.10 Å². The number of hydrogen-bond donors (Lipinski definition) is 2. The Bertz CT molecular complexity index is 567. The number of benzene rings is 1. The highest BCUT2D eigenvalue weighted by molar-refractivity contribution is 9.10. The van der Waals surface area contributed by atoms with Gasteiger partial charge in [0.1, 0.15) is 0 Å². The van der Waals surface area contributed by atoms with Crippen LogP contribution in [0.25, 0.3) is 0 Å². The van der Waals surface area contributed by atoms with Gasteiger partial charge in [0.25, 0.3) is 5.91 Å². The Kier molecular flexibility index (Phi) is 3.10. The lowest BCUT2D eigenvalue weighted by molar-refractivity contribution is 0.102. The number of anilines is 2. The van der Waals surface area contributed by atoms with Gasteiger partial charge < -0.3 is 10.2 Å². The molecule has 0 aliphatic carbocycles. The topological polar surface area (TPSA) is 94.0 Å². The second kappa shape index (κ2) is 4.54. The Morgan fingerprint density at radius 1 is 1.47 bits per heavy atom. The Balaban J connectivity index is 2.17. The molecular weight excluding hydrogens is 288 g/mol. The molecule has 1 aromatic heterocycles. The lowest BCUT2D eigenvalue weighted by Gasteiger charge is -2.03. The van der Waals surface area contributed by atoms with Crippen LogP contribution in [0.1, 0.15) is 16.2 Å². The normalized spacial score (nSPS) is 10.2. The van der Waals surface area contributed by atoms with Gasteiger partial charge in [-0.3, -0.25) is 10.1 Å². The van der Waals surface area contributed by atoms with Crippen molar-refractivity contribution in [2.75, 3.05) is 11.1 Å². The summed E-state index contributed by atoms with van der Waals surface area (Å²) in [7, 11) is 0. The molecule has 17 heavy (non-hydrogen) atoms. The molecule has 0 aliphatic rings. The van der Waals surface area contributed by atoms with E-state index in [1.807, 2.05) is 0 Å². The maximum absolute atomic E-state index is 11.8. The van der Waals surface area contributed by atoms with Crippen molar-refractivity contribution in [3.05, 3.63) is 34.1 Å². The molecule has 0 atom stereocenters. The number of nitrogens with one attached hydrogen (secondary N) is 1. The van der Waals surface area contributed by atoms with Crippen LogP contribution in [0.5, 0.6) is 0 Å². The molecule has 1 amide bonds. The van der Waals surface area contributed by atoms with Crippen molar-refractivity contribution in [3.63, 3.8) is 0 Å². The van der Waals surface area contributed by atoms with Gasteiger partial charge in [0.05, 0.1) is 0 Å². The molecular formula is C10H9BrN4O2. The van der Waals surface area contributed by atoms with Crippen LogP contribution in [0.15, 0.2) is 27.1 Å². The summed E-state index contributed by atoms with van der Waals surface area (Å²) in [4.78, 5) is 11.8. The molecule has 3 N–H and O–H groups in total. The molecule has 0 unspecified atom stereocenters. The number of nitrogen functional groups attached to an aromatic ring is 1. The molecule has 0 saturated carbocycles. The number of carbonyl (C=O) groups is 1. The summed E-state index contributed by atoms with van der Waals surface area (Å²) < 4.78 is 5.70. The highest BCUT2D eigenvalue weighted by Crippen LogP contribution is 2.20. The third kappa shape index (κ3) is 2.62. The number of nitrogens with two attached hydrogens (primary N) is 1. The summed E-state index contributed by atoms with van der Waals surface area (Å²) >= 11 is 3.25. The van der Waals surface area contributed by atoms with E-state index in [1.54, 1.807) is 25.1 Å². The van der Waals surface area contributed by atoms with Crippen molar-refractivity contribution < 1.29 is 9.21 Å². The van der Waals surface area contributed by atoms with E-state index in [0.29, 0.717) is 21.6 Å². The molecule has 0 aliphatic heterocycles. The van der Waals surface area contributed by atoms with Gasteiger partial charge in [0, 0.05) is 22.6 Å². The molecule has 1 heterocycles. The van der Waals surface area contributed by atoms with E-state index in [2.05, 4.69) is 31.4 Å². The molecule has 0 spiro atoms. The van der Waals surface area contributed by atoms with E-state index in [-0.39, 0.29) is 11.9 Å². The lowest BCUT2D eigenvalue weighted by Crippen LogP contribution is -2.12. The predicted octanol–water partition coefficient (Wildman–Crippen LogP) is 1.98. The van der Waals surface area contributed by atoms with E-state index < -0.39 is 0 Å². The van der Waals surface area contributed by atoms with Crippen molar-refractivity contribution in [2.45, 2.75) is 6.92 Å². The first-order valence-corrected chi connectivity index (χ1v) is 5.52. The minimum absolute atomic E-state index is 0.0699. The van der Waals surface area contributed by atoms with Crippen LogP contribution >= 0.6 is 15.9 Å². The molecule has 2 aromatic rings. The zero-order valence-electron chi connectivity index (χ0n) is 8.90. The van der Waals surface area contributed by atoms with Crippen LogP contribution in [-0.4, -0.2) is 16.1 Å². The summed E-state index contributed by atoms with van der Waals surface area (Å²) in [5.41, 5.74) is 6.64. The number of halogens is 1. The Hall–Kier alpha value is -1.89. The minimum Gasteiger partial charge on any atom is -0.408 e. The molecule has 0 radical (unpaired) electrons. The maximum Gasteiger partial charge on any atom is 0.322 e. The Morgan fingerprint density at radius 3 is 2.82 bits per heavy atom. The fraction of sp³-hybridized carbons (Fsp3) is 0.100. The summed E-state index contributed by atoms with van der Waals surface area (Å²) in [5.74, 6) is 0.0492. The average molecular weight is 297 g/mol. The van der Waals surface area contributed by atoms with Crippen molar-refractivity contribution in [2.24, 2.45) is 0 Å². The van der Waals surface area contributed by atoms with Crippen molar-refractivity contribution in [3.8, 4) is 0 Å². The number of nitrogens with zero attached hydrogens (tertiary/aromatic N) is 2. The van der Waals surface area contributed by atoms with Crippen molar-refractivity contribution in [1.82, 2.24) is 10.2 Å². The molecule has 0 saturated heterocycles. The predicted molar refractivity (Wildman–Crippen MR) is 65.5 cm³/mol. The molecule has 6 nitrogen and oxygen atoms in total. The van der Waals surface area contributed by atoms with Crippen LogP contribution in [-0.2, 0) is 0 Å². The molecule has 88 valence electrons. The Labute approximate surface area is 105 Å². The number of hydrogen-bond acceptors (Lipinski definition) is 5. The molecule has 2 rings (SSSR count). The van der Waals surface area contributed by atoms with Crippen LogP contribution in [0.2, 0.25) is 0 Å². The van der Waals surface area contributed by atoms with Gasteiger partial charge in [0.15, 0.2) is 0 Å². The molecule has 0 bridgehead atoms. The van der Waals surface area contributed by atoms with Crippen LogP contribution in [0, 0.1) is 6.92 Å². The summed E-state index contributed by atoms with van der Waals surface area (Å²) in [6, 6.07) is 4.94. The average Bonchev–Trinajstić information content (AvgIpc) is 2.68. The van der Waals surface area contributed by atoms with Gasteiger partial charge in [-0.1, -0.05) is 5.10 Å². The monoisotopic (exact) mass is 296 g/mol. The SMILES string of the molecule is Cc1nnc(NC(=O)c2ccc(N)c(Br)c2)o1. The van der Waals surface area contributed by atoms with E-state index in [0.717, 1.165) is 0 Å². The fourth-order valence-corrected chi connectivity index (χ4v) is 1.56. The zero-order valence-corrected chi connectivity index (χ0v) is 10.5. The largest absolute Gasteiger partial charge is 0.408 e. The highest BCUT2D eigenvalue weighted by atomic mass is 79.9. The first-order valence-electron chi connectivity index (χ1n) is 4.73. The minimum atomic E-state index is -0.339. The molecule has 7 heteroatoms. The number of aryl methyl sites for hydroxylation is 1. The zero-order chi connectivity index (χ0) is 12.4. The molecule has 0 fully saturated rings. The van der Waals surface area contributed by atoms with Gasteiger partial charge in [-0.25, -0.2) is 0 Å². The van der Waals surface area contributed by atoms with Gasteiger partial charge >= 0.3 is 6.01 Å². The van der Waals surface area contributed by atoms with Crippen molar-refractivity contribution >= 4 is 33.5 Å². The highest BCUT2D eigenvalue weighted by Gasteiger charge is 2.11. The first-order chi connectivity index (χ1) is 8.06. The summed E-state index contributed by atoms with van der Waals surface area (Å²) in [6.07, 6.45) is 0. The third-order valence-corrected chi connectivity index (χ3v) is 2.70. The van der Waals surface area contributed by atoms with E-state index >= 15 is 0 Å².